The molecule has 0 radical (unpaired) electrons. The summed E-state index contributed by atoms with van der Waals surface area (Å²) in [6, 6.07) is 12.7. The number of aromatic amines is 1. The van der Waals surface area contributed by atoms with E-state index in [9.17, 15) is 4.79 Å². The monoisotopic (exact) mass is 267 g/mol. The molecule has 0 fully saturated rings. The lowest BCUT2D eigenvalue weighted by Gasteiger charge is -1.98. The highest BCUT2D eigenvalue weighted by Gasteiger charge is 2.11. The van der Waals surface area contributed by atoms with Gasteiger partial charge >= 0.3 is 0 Å². The Morgan fingerprint density at radius 1 is 1.20 bits per heavy atom. The average molecular weight is 267 g/mol. The third-order valence-corrected chi connectivity index (χ3v) is 3.19. The number of amides is 1. The number of H-pyrrole nitrogens is 1. The number of rotatable bonds is 3. The van der Waals surface area contributed by atoms with E-state index in [2.05, 4.69) is 9.97 Å². The van der Waals surface area contributed by atoms with Crippen molar-refractivity contribution in [2.45, 2.75) is 6.61 Å². The zero-order chi connectivity index (χ0) is 14.1. The van der Waals surface area contributed by atoms with Gasteiger partial charge in [-0.2, -0.15) is 0 Å². The zero-order valence-corrected chi connectivity index (χ0v) is 10.6. The maximum absolute atomic E-state index is 11.4. The number of hydrogen-bond donors (Lipinski definition) is 3. The van der Waals surface area contributed by atoms with Gasteiger partial charge in [-0.3, -0.25) is 4.79 Å². The van der Waals surface area contributed by atoms with E-state index >= 15 is 0 Å². The largest absolute Gasteiger partial charge is 0.392 e. The second-order valence-electron chi connectivity index (χ2n) is 4.51. The van der Waals surface area contributed by atoms with Gasteiger partial charge in [-0.15, -0.1) is 0 Å². The van der Waals surface area contributed by atoms with Crippen LogP contribution in [-0.4, -0.2) is 21.0 Å². The van der Waals surface area contributed by atoms with Crippen LogP contribution in [0, 0.1) is 0 Å². The highest BCUT2D eigenvalue weighted by atomic mass is 16.3. The van der Waals surface area contributed by atoms with Crippen molar-refractivity contribution >= 4 is 16.9 Å². The average Bonchev–Trinajstić information content (AvgIpc) is 2.90. The van der Waals surface area contributed by atoms with E-state index in [0.29, 0.717) is 16.9 Å². The molecule has 0 bridgehead atoms. The highest BCUT2D eigenvalue weighted by Crippen LogP contribution is 2.23. The summed E-state index contributed by atoms with van der Waals surface area (Å²) in [5, 5.41) is 9.04. The number of carbonyl (C=O) groups excluding carboxylic acids is 1. The summed E-state index contributed by atoms with van der Waals surface area (Å²) in [7, 11) is 0. The second-order valence-corrected chi connectivity index (χ2v) is 4.51. The number of nitrogens with zero attached hydrogens (tertiary/aromatic N) is 1. The first kappa shape index (κ1) is 12.4. The Bertz CT molecular complexity index is 775. The number of benzene rings is 2. The van der Waals surface area contributed by atoms with E-state index in [1.165, 1.54) is 0 Å². The number of aliphatic hydroxyl groups is 1. The summed E-state index contributed by atoms with van der Waals surface area (Å²) in [4.78, 5) is 19.0. The van der Waals surface area contributed by atoms with Crippen LogP contribution in [-0.2, 0) is 6.61 Å². The summed E-state index contributed by atoms with van der Waals surface area (Å²) >= 11 is 0. The number of fused-ring (bicyclic) bond motifs is 1. The standard InChI is InChI=1S/C15H13N3O2/c16-14(20)11-2-1-3-12-13(11)18-15(17-12)10-6-4-9(8-19)5-7-10/h1-7,19H,8H2,(H2,16,20)(H,17,18). The molecule has 0 aliphatic carbocycles. The highest BCUT2D eigenvalue weighted by molar-refractivity contribution is 6.04. The van der Waals surface area contributed by atoms with Gasteiger partial charge in [-0.1, -0.05) is 30.3 Å². The lowest BCUT2D eigenvalue weighted by Crippen LogP contribution is -2.11. The summed E-state index contributed by atoms with van der Waals surface area (Å²) in [6.45, 7) is 0.00618. The Kier molecular flexibility index (Phi) is 2.96. The topological polar surface area (TPSA) is 92.0 Å². The van der Waals surface area contributed by atoms with Crippen molar-refractivity contribution in [2.24, 2.45) is 5.73 Å². The number of aromatic nitrogens is 2. The van der Waals surface area contributed by atoms with E-state index in [1.807, 2.05) is 30.3 Å². The van der Waals surface area contributed by atoms with Gasteiger partial charge in [-0.05, 0) is 17.7 Å². The Labute approximate surface area is 115 Å². The molecule has 2 aromatic carbocycles. The lowest BCUT2D eigenvalue weighted by atomic mass is 10.1. The fraction of sp³-hybridized carbons (Fsp3) is 0.0667. The quantitative estimate of drug-likeness (QED) is 0.676. The van der Waals surface area contributed by atoms with Crippen molar-refractivity contribution in [3.63, 3.8) is 0 Å². The molecule has 0 unspecified atom stereocenters. The lowest BCUT2D eigenvalue weighted by molar-refractivity contribution is 0.100. The number of hydrogen-bond acceptors (Lipinski definition) is 3. The molecule has 1 heterocycles. The molecule has 0 aliphatic rings. The van der Waals surface area contributed by atoms with E-state index < -0.39 is 5.91 Å². The molecule has 0 spiro atoms. The van der Waals surface area contributed by atoms with Crippen LogP contribution in [0.4, 0.5) is 0 Å². The third kappa shape index (κ3) is 2.04. The molecule has 0 aliphatic heterocycles. The number of primary amides is 1. The molecule has 5 heteroatoms. The van der Waals surface area contributed by atoms with Gasteiger partial charge in [0.05, 0.1) is 17.7 Å². The van der Waals surface area contributed by atoms with Crippen LogP contribution in [0.1, 0.15) is 15.9 Å². The van der Waals surface area contributed by atoms with Gasteiger partial charge in [0, 0.05) is 5.56 Å². The first-order valence-corrected chi connectivity index (χ1v) is 6.18. The predicted octanol–water partition coefficient (Wildman–Crippen LogP) is 1.82. The number of nitrogens with one attached hydrogen (secondary N) is 1. The minimum absolute atomic E-state index is 0.00618. The molecule has 100 valence electrons. The van der Waals surface area contributed by atoms with E-state index in [1.54, 1.807) is 12.1 Å². The van der Waals surface area contributed by atoms with Gasteiger partial charge < -0.3 is 15.8 Å². The van der Waals surface area contributed by atoms with Gasteiger partial charge in [-0.25, -0.2) is 4.98 Å². The van der Waals surface area contributed by atoms with Crippen molar-refractivity contribution in [2.75, 3.05) is 0 Å². The molecular formula is C15H13N3O2. The van der Waals surface area contributed by atoms with Crippen LogP contribution >= 0.6 is 0 Å². The van der Waals surface area contributed by atoms with Gasteiger partial charge in [0.1, 0.15) is 11.3 Å². The number of nitrogens with two attached hydrogens (primary N) is 1. The smallest absolute Gasteiger partial charge is 0.250 e. The molecule has 0 saturated heterocycles. The molecular weight excluding hydrogens is 254 g/mol. The first-order chi connectivity index (χ1) is 9.69. The number of imidazole rings is 1. The number of aliphatic hydroxyl groups excluding tert-OH is 1. The Hall–Kier alpha value is -2.66. The zero-order valence-electron chi connectivity index (χ0n) is 10.6. The minimum Gasteiger partial charge on any atom is -0.392 e. The molecule has 20 heavy (non-hydrogen) atoms. The summed E-state index contributed by atoms with van der Waals surface area (Å²) in [6.07, 6.45) is 0. The van der Waals surface area contributed by atoms with Crippen LogP contribution < -0.4 is 5.73 Å². The fourth-order valence-corrected chi connectivity index (χ4v) is 2.14. The van der Waals surface area contributed by atoms with Crippen molar-refractivity contribution in [3.8, 4) is 11.4 Å². The van der Waals surface area contributed by atoms with Crippen LogP contribution in [0.3, 0.4) is 0 Å². The van der Waals surface area contributed by atoms with Crippen molar-refractivity contribution < 1.29 is 9.90 Å². The van der Waals surface area contributed by atoms with Crippen molar-refractivity contribution in [3.05, 3.63) is 53.6 Å². The van der Waals surface area contributed by atoms with Gasteiger partial charge in [0.15, 0.2) is 0 Å². The number of carbonyl (C=O) groups is 1. The molecule has 0 atom stereocenters. The van der Waals surface area contributed by atoms with Crippen LogP contribution in [0.2, 0.25) is 0 Å². The maximum atomic E-state index is 11.4. The van der Waals surface area contributed by atoms with E-state index in [4.69, 9.17) is 10.8 Å². The normalized spacial score (nSPS) is 10.8. The Morgan fingerprint density at radius 2 is 1.95 bits per heavy atom. The molecule has 1 amide bonds. The Balaban J connectivity index is 2.12. The second kappa shape index (κ2) is 4.79. The van der Waals surface area contributed by atoms with Gasteiger partial charge in [0.25, 0.3) is 5.91 Å². The maximum Gasteiger partial charge on any atom is 0.250 e. The molecule has 4 N–H and O–H groups in total. The van der Waals surface area contributed by atoms with E-state index in [-0.39, 0.29) is 6.61 Å². The summed E-state index contributed by atoms with van der Waals surface area (Å²) < 4.78 is 0. The number of para-hydroxylation sites is 1. The first-order valence-electron chi connectivity index (χ1n) is 6.18. The van der Waals surface area contributed by atoms with Crippen LogP contribution in [0.5, 0.6) is 0 Å². The van der Waals surface area contributed by atoms with Crippen LogP contribution in [0.25, 0.3) is 22.4 Å². The van der Waals surface area contributed by atoms with Crippen molar-refractivity contribution in [1.82, 2.24) is 9.97 Å². The molecule has 5 nitrogen and oxygen atoms in total. The molecule has 0 saturated carbocycles. The predicted molar refractivity (Wildman–Crippen MR) is 76.0 cm³/mol. The SMILES string of the molecule is NC(=O)c1cccc2[nH]c(-c3ccc(CO)cc3)nc12. The summed E-state index contributed by atoms with van der Waals surface area (Å²) in [5.74, 6) is 0.169. The van der Waals surface area contributed by atoms with Crippen molar-refractivity contribution in [1.29, 1.82) is 0 Å². The molecule has 3 rings (SSSR count). The minimum atomic E-state index is -0.496. The van der Waals surface area contributed by atoms with E-state index in [0.717, 1.165) is 16.6 Å². The summed E-state index contributed by atoms with van der Waals surface area (Å²) in [5.41, 5.74) is 8.80. The molecule has 1 aromatic heterocycles. The fourth-order valence-electron chi connectivity index (χ4n) is 2.14. The van der Waals surface area contributed by atoms with Gasteiger partial charge in [0.2, 0.25) is 0 Å². The third-order valence-electron chi connectivity index (χ3n) is 3.19. The Morgan fingerprint density at radius 3 is 2.60 bits per heavy atom. The molecule has 3 aromatic rings. The van der Waals surface area contributed by atoms with Crippen LogP contribution in [0.15, 0.2) is 42.5 Å².